The summed E-state index contributed by atoms with van der Waals surface area (Å²) in [7, 11) is 0. The molecule has 3 aliphatic rings. The first-order valence-corrected chi connectivity index (χ1v) is 14.3. The molecule has 0 N–H and O–H groups in total. The van der Waals surface area contributed by atoms with Crippen LogP contribution in [0.15, 0.2) is 85.3 Å². The van der Waals surface area contributed by atoms with Crippen molar-refractivity contribution in [3.8, 4) is 45.7 Å². The topological polar surface area (TPSA) is 96.0 Å². The van der Waals surface area contributed by atoms with E-state index in [9.17, 15) is 0 Å². The number of benzene rings is 2. The lowest BCUT2D eigenvalue weighted by Crippen LogP contribution is -2.29. The lowest BCUT2D eigenvalue weighted by molar-refractivity contribution is 0.231. The lowest BCUT2D eigenvalue weighted by atomic mass is 10.0. The highest BCUT2D eigenvalue weighted by Gasteiger charge is 2.40. The largest absolute Gasteiger partial charge is 0.472 e. The van der Waals surface area contributed by atoms with Crippen LogP contribution >= 0.6 is 0 Å². The standard InChI is InChI=1S/C33H28N8O/c34-14-29-36-13-11-30(37-29)40-19-25-17-39(18-26(25)20-40)16-22-6-8-23(9-7-22)31-32(24-4-2-1-3-5-24)41-21-42-28-10-12-35-15-27(28)33(41)38-31/h1-13,15,25-26H,16-21H2/t25-,26+. The summed E-state index contributed by atoms with van der Waals surface area (Å²) in [6.45, 7) is 5.41. The number of hydrogen-bond acceptors (Lipinski definition) is 8. The Hall–Kier alpha value is -5.07. The predicted octanol–water partition coefficient (Wildman–Crippen LogP) is 4.86. The number of fused-ring (bicyclic) bond motifs is 4. The Morgan fingerprint density at radius 3 is 2.45 bits per heavy atom. The van der Waals surface area contributed by atoms with E-state index in [-0.39, 0.29) is 5.82 Å². The molecule has 2 fully saturated rings. The van der Waals surface area contributed by atoms with E-state index in [1.165, 1.54) is 5.56 Å². The third kappa shape index (κ3) is 4.28. The number of nitriles is 1. The molecule has 0 unspecified atom stereocenters. The molecule has 5 aromatic rings. The maximum absolute atomic E-state index is 9.15. The summed E-state index contributed by atoms with van der Waals surface area (Å²) in [6, 6.07) is 25.1. The molecule has 0 radical (unpaired) electrons. The van der Waals surface area contributed by atoms with Gasteiger partial charge >= 0.3 is 0 Å². The van der Waals surface area contributed by atoms with Gasteiger partial charge in [0, 0.05) is 62.4 Å². The highest BCUT2D eigenvalue weighted by molar-refractivity contribution is 5.83. The number of nitrogens with zero attached hydrogens (tertiary/aromatic N) is 8. The molecule has 2 aromatic carbocycles. The fourth-order valence-electron chi connectivity index (χ4n) is 6.70. The number of anilines is 1. The minimum absolute atomic E-state index is 0.233. The number of hydrogen-bond donors (Lipinski definition) is 0. The molecule has 0 saturated carbocycles. The van der Waals surface area contributed by atoms with Gasteiger partial charge in [0.1, 0.15) is 23.5 Å². The van der Waals surface area contributed by atoms with E-state index in [0.717, 1.165) is 78.2 Å². The predicted molar refractivity (Wildman–Crippen MR) is 158 cm³/mol. The zero-order chi connectivity index (χ0) is 28.0. The zero-order valence-electron chi connectivity index (χ0n) is 23.0. The fourth-order valence-corrected chi connectivity index (χ4v) is 6.70. The van der Waals surface area contributed by atoms with Crippen LogP contribution in [-0.4, -0.2) is 55.6 Å². The van der Waals surface area contributed by atoms with Gasteiger partial charge in [-0.15, -0.1) is 0 Å². The zero-order valence-corrected chi connectivity index (χ0v) is 23.0. The van der Waals surface area contributed by atoms with Crippen molar-refractivity contribution in [1.29, 1.82) is 5.26 Å². The first-order valence-electron chi connectivity index (χ1n) is 14.3. The van der Waals surface area contributed by atoms with Crippen LogP contribution in [-0.2, 0) is 13.3 Å². The van der Waals surface area contributed by atoms with Gasteiger partial charge in [-0.25, -0.2) is 15.0 Å². The molecule has 8 rings (SSSR count). The van der Waals surface area contributed by atoms with Gasteiger partial charge in [-0.1, -0.05) is 54.6 Å². The van der Waals surface area contributed by atoms with Gasteiger partial charge in [-0.3, -0.25) is 14.5 Å². The van der Waals surface area contributed by atoms with E-state index in [1.54, 1.807) is 12.4 Å². The van der Waals surface area contributed by atoms with Crippen LogP contribution in [0.25, 0.3) is 33.9 Å². The number of rotatable bonds is 5. The van der Waals surface area contributed by atoms with Crippen LogP contribution in [0, 0.1) is 23.2 Å². The van der Waals surface area contributed by atoms with Crippen molar-refractivity contribution in [2.45, 2.75) is 13.3 Å². The molecule has 0 amide bonds. The molecule has 206 valence electrons. The van der Waals surface area contributed by atoms with Crippen molar-refractivity contribution >= 4 is 5.82 Å². The molecule has 42 heavy (non-hydrogen) atoms. The van der Waals surface area contributed by atoms with E-state index in [1.807, 2.05) is 30.5 Å². The quantitative estimate of drug-likeness (QED) is 0.305. The maximum atomic E-state index is 9.15. The summed E-state index contributed by atoms with van der Waals surface area (Å²) in [5.74, 6) is 4.00. The second kappa shape index (κ2) is 10.1. The summed E-state index contributed by atoms with van der Waals surface area (Å²) < 4.78 is 8.23. The van der Waals surface area contributed by atoms with Crippen molar-refractivity contribution in [1.82, 2.24) is 29.4 Å². The van der Waals surface area contributed by atoms with Gasteiger partial charge in [0.25, 0.3) is 0 Å². The normalized spacial score (nSPS) is 19.1. The monoisotopic (exact) mass is 552 g/mol. The Bertz CT molecular complexity index is 1800. The average Bonchev–Trinajstić information content (AvgIpc) is 3.74. The smallest absolute Gasteiger partial charge is 0.234 e. The highest BCUT2D eigenvalue weighted by atomic mass is 16.5. The minimum atomic E-state index is 0.233. The highest BCUT2D eigenvalue weighted by Crippen LogP contribution is 2.41. The van der Waals surface area contributed by atoms with Crippen LogP contribution in [0.5, 0.6) is 5.75 Å². The van der Waals surface area contributed by atoms with Crippen molar-refractivity contribution < 1.29 is 4.74 Å². The summed E-state index contributed by atoms with van der Waals surface area (Å²) in [5, 5.41) is 9.15. The molecular formula is C33H28N8O. The van der Waals surface area contributed by atoms with Crippen molar-refractivity contribution in [3.05, 3.63) is 96.7 Å². The fraction of sp³-hybridized carbons (Fsp3) is 0.242. The summed E-state index contributed by atoms with van der Waals surface area (Å²) in [6.07, 6.45) is 5.26. The minimum Gasteiger partial charge on any atom is -0.472 e. The molecule has 0 aliphatic carbocycles. The summed E-state index contributed by atoms with van der Waals surface area (Å²) >= 11 is 0. The van der Waals surface area contributed by atoms with Gasteiger partial charge in [0.05, 0.1) is 17.0 Å². The van der Waals surface area contributed by atoms with E-state index >= 15 is 0 Å². The van der Waals surface area contributed by atoms with Crippen LogP contribution in [0.1, 0.15) is 11.4 Å². The van der Waals surface area contributed by atoms with Crippen LogP contribution in [0.4, 0.5) is 5.82 Å². The van der Waals surface area contributed by atoms with Crippen LogP contribution in [0.2, 0.25) is 0 Å². The first-order chi connectivity index (χ1) is 20.7. The Labute approximate surface area is 243 Å². The molecule has 9 nitrogen and oxygen atoms in total. The second-order valence-corrected chi connectivity index (χ2v) is 11.2. The van der Waals surface area contributed by atoms with Gasteiger partial charge < -0.3 is 9.64 Å². The third-order valence-electron chi connectivity index (χ3n) is 8.65. The molecule has 2 saturated heterocycles. The molecule has 6 heterocycles. The van der Waals surface area contributed by atoms with E-state index in [2.05, 4.69) is 77.8 Å². The van der Waals surface area contributed by atoms with Crippen LogP contribution in [0.3, 0.4) is 0 Å². The third-order valence-corrected chi connectivity index (χ3v) is 8.65. The molecule has 2 atom stereocenters. The van der Waals surface area contributed by atoms with E-state index in [4.69, 9.17) is 15.0 Å². The van der Waals surface area contributed by atoms with Gasteiger partial charge in [-0.2, -0.15) is 5.26 Å². The Kier molecular flexibility index (Phi) is 5.93. The number of ether oxygens (including phenoxy) is 1. The van der Waals surface area contributed by atoms with Gasteiger partial charge in [0.15, 0.2) is 6.73 Å². The Balaban J connectivity index is 1.01. The van der Waals surface area contributed by atoms with Gasteiger partial charge in [-0.05, 0) is 29.5 Å². The SMILES string of the molecule is N#Cc1nccc(N2C[C@H]3CN(Cc4ccc(-c5nc6n(c5-c5ccccc5)COc5ccncc5-6)cc4)C[C@H]3C2)n1. The molecule has 3 aliphatic heterocycles. The molecular weight excluding hydrogens is 524 g/mol. The maximum Gasteiger partial charge on any atom is 0.234 e. The van der Waals surface area contributed by atoms with E-state index < -0.39 is 0 Å². The number of likely N-dealkylation sites (tertiary alicyclic amines) is 1. The van der Waals surface area contributed by atoms with Gasteiger partial charge in [0.2, 0.25) is 5.82 Å². The average molecular weight is 553 g/mol. The number of aromatic nitrogens is 5. The van der Waals surface area contributed by atoms with E-state index in [0.29, 0.717) is 18.6 Å². The van der Waals surface area contributed by atoms with Crippen LogP contribution < -0.4 is 9.64 Å². The Morgan fingerprint density at radius 1 is 0.857 bits per heavy atom. The summed E-state index contributed by atoms with van der Waals surface area (Å²) in [4.78, 5) is 22.8. The molecule has 0 bridgehead atoms. The Morgan fingerprint density at radius 2 is 1.67 bits per heavy atom. The van der Waals surface area contributed by atoms with Crippen molar-refractivity contribution in [3.63, 3.8) is 0 Å². The molecule has 3 aromatic heterocycles. The van der Waals surface area contributed by atoms with Crippen molar-refractivity contribution in [2.75, 3.05) is 31.1 Å². The molecule has 0 spiro atoms. The summed E-state index contributed by atoms with van der Waals surface area (Å²) in [5.41, 5.74) is 6.40. The molecule has 9 heteroatoms. The first kappa shape index (κ1) is 24.7. The second-order valence-electron chi connectivity index (χ2n) is 11.2. The number of pyridine rings is 1. The van der Waals surface area contributed by atoms with Crippen molar-refractivity contribution in [2.24, 2.45) is 11.8 Å². The lowest BCUT2D eigenvalue weighted by Gasteiger charge is -2.22. The number of imidazole rings is 1.